The molecule has 1 amide bonds. The van der Waals surface area contributed by atoms with Gasteiger partial charge in [-0.05, 0) is 37.5 Å². The molecule has 1 saturated heterocycles. The number of thiocarbonyl (C=S) groups is 1. The molecule has 0 atom stereocenters. The molecule has 9 heteroatoms. The van der Waals surface area contributed by atoms with Gasteiger partial charge in [0.2, 0.25) is 5.88 Å². The van der Waals surface area contributed by atoms with Crippen LogP contribution in [0.2, 0.25) is 0 Å². The summed E-state index contributed by atoms with van der Waals surface area (Å²) in [4.78, 5) is 40.4. The standard InChI is InChI=1S/C25H25N3O4S2/c1-4-5-11-27-22(30)18(14-26)16(3)21(24(27)32)19(29)10-12-28-23(31)20(34-25(28)33)13-17-8-6-15(2)7-9-17/h6-9,13,32H,4-5,10-12H2,1-3H3/b20-13-. The first-order chi connectivity index (χ1) is 16.2. The van der Waals surface area contributed by atoms with E-state index in [0.29, 0.717) is 15.6 Å². The Morgan fingerprint density at radius 3 is 2.50 bits per heavy atom. The van der Waals surface area contributed by atoms with Gasteiger partial charge in [-0.2, -0.15) is 5.26 Å². The molecule has 1 aromatic heterocycles. The van der Waals surface area contributed by atoms with E-state index in [1.165, 1.54) is 23.6 Å². The number of unbranched alkanes of at least 4 members (excludes halogenated alkanes) is 1. The highest BCUT2D eigenvalue weighted by molar-refractivity contribution is 8.26. The second kappa shape index (κ2) is 10.8. The zero-order valence-corrected chi connectivity index (χ0v) is 20.9. The Hall–Kier alpha value is -3.22. The number of nitriles is 1. The third-order valence-electron chi connectivity index (χ3n) is 5.63. The molecule has 2 heterocycles. The molecule has 1 fully saturated rings. The van der Waals surface area contributed by atoms with Crippen LogP contribution >= 0.6 is 24.0 Å². The summed E-state index contributed by atoms with van der Waals surface area (Å²) in [5.74, 6) is -1.19. The van der Waals surface area contributed by atoms with E-state index in [1.807, 2.05) is 44.2 Å². The minimum atomic E-state index is -0.610. The largest absolute Gasteiger partial charge is 0.494 e. The maximum absolute atomic E-state index is 13.1. The monoisotopic (exact) mass is 495 g/mol. The van der Waals surface area contributed by atoms with Crippen molar-refractivity contribution in [2.45, 2.75) is 46.6 Å². The Kier molecular flexibility index (Phi) is 8.07. The number of Topliss-reactive ketones (excluding diaryl/α,β-unsaturated/α-hetero) is 1. The summed E-state index contributed by atoms with van der Waals surface area (Å²) in [6.45, 7) is 5.62. The summed E-state index contributed by atoms with van der Waals surface area (Å²) in [5, 5.41) is 20.2. The quantitative estimate of drug-likeness (QED) is 0.330. The highest BCUT2D eigenvalue weighted by Gasteiger charge is 2.33. The number of thioether (sulfide) groups is 1. The van der Waals surface area contributed by atoms with Crippen molar-refractivity contribution < 1.29 is 14.7 Å². The fourth-order valence-electron chi connectivity index (χ4n) is 3.65. The van der Waals surface area contributed by atoms with Gasteiger partial charge < -0.3 is 5.11 Å². The van der Waals surface area contributed by atoms with Crippen molar-refractivity contribution in [1.82, 2.24) is 9.47 Å². The number of amides is 1. The molecule has 176 valence electrons. The summed E-state index contributed by atoms with van der Waals surface area (Å²) in [7, 11) is 0. The smallest absolute Gasteiger partial charge is 0.271 e. The summed E-state index contributed by atoms with van der Waals surface area (Å²) in [6, 6.07) is 9.59. The van der Waals surface area contributed by atoms with Crippen molar-refractivity contribution in [1.29, 1.82) is 5.26 Å². The summed E-state index contributed by atoms with van der Waals surface area (Å²) in [6.07, 6.45) is 3.03. The molecule has 0 spiro atoms. The number of carbonyl (C=O) groups excluding carboxylic acids is 2. The van der Waals surface area contributed by atoms with Crippen molar-refractivity contribution in [3.05, 3.63) is 67.3 Å². The van der Waals surface area contributed by atoms with Gasteiger partial charge in [0.25, 0.3) is 11.5 Å². The Bertz CT molecular complexity index is 1290. The molecular weight excluding hydrogens is 470 g/mol. The number of nitrogens with zero attached hydrogens (tertiary/aromatic N) is 3. The molecule has 3 rings (SSSR count). The first-order valence-corrected chi connectivity index (χ1v) is 12.1. The number of aromatic nitrogens is 1. The minimum Gasteiger partial charge on any atom is -0.494 e. The van der Waals surface area contributed by atoms with Gasteiger partial charge in [-0.25, -0.2) is 0 Å². The SMILES string of the molecule is CCCCn1c(O)c(C(=O)CCN2C(=O)/C(=C/c3ccc(C)cc3)SC2=S)c(C)c(C#N)c1=O. The Morgan fingerprint density at radius 1 is 1.21 bits per heavy atom. The lowest BCUT2D eigenvalue weighted by Crippen LogP contribution is -2.31. The zero-order chi connectivity index (χ0) is 25.0. The molecule has 0 saturated carbocycles. The Balaban J connectivity index is 1.82. The summed E-state index contributed by atoms with van der Waals surface area (Å²) < 4.78 is 1.43. The van der Waals surface area contributed by atoms with Crippen LogP contribution in [0.1, 0.15) is 58.8 Å². The van der Waals surface area contributed by atoms with E-state index in [-0.39, 0.29) is 42.1 Å². The highest BCUT2D eigenvalue weighted by atomic mass is 32.2. The van der Waals surface area contributed by atoms with Gasteiger partial charge in [-0.1, -0.05) is 67.2 Å². The van der Waals surface area contributed by atoms with E-state index in [4.69, 9.17) is 12.2 Å². The number of aromatic hydroxyl groups is 1. The number of pyridine rings is 1. The minimum absolute atomic E-state index is 0.0313. The van der Waals surface area contributed by atoms with Crippen molar-refractivity contribution >= 4 is 46.1 Å². The van der Waals surface area contributed by atoms with Crippen LogP contribution < -0.4 is 5.56 Å². The fraction of sp³-hybridized carbons (Fsp3) is 0.320. The number of aryl methyl sites for hydroxylation is 1. The van der Waals surface area contributed by atoms with E-state index in [0.717, 1.165) is 22.1 Å². The van der Waals surface area contributed by atoms with E-state index >= 15 is 0 Å². The molecule has 2 aromatic rings. The molecule has 0 radical (unpaired) electrons. The van der Waals surface area contributed by atoms with Crippen LogP contribution in [0.5, 0.6) is 5.88 Å². The molecule has 1 aliphatic heterocycles. The molecule has 0 bridgehead atoms. The zero-order valence-electron chi connectivity index (χ0n) is 19.3. The molecule has 7 nitrogen and oxygen atoms in total. The molecule has 0 aliphatic carbocycles. The second-order valence-corrected chi connectivity index (χ2v) is 9.71. The summed E-state index contributed by atoms with van der Waals surface area (Å²) >= 11 is 6.53. The van der Waals surface area contributed by atoms with Gasteiger partial charge in [-0.15, -0.1) is 0 Å². The maximum atomic E-state index is 13.1. The number of carbonyl (C=O) groups is 2. The van der Waals surface area contributed by atoms with Crippen molar-refractivity contribution in [3.8, 4) is 11.9 Å². The normalized spacial score (nSPS) is 14.6. The number of hydrogen-bond acceptors (Lipinski definition) is 7. The molecular formula is C25H25N3O4S2. The van der Waals surface area contributed by atoms with Crippen molar-refractivity contribution in [3.63, 3.8) is 0 Å². The highest BCUT2D eigenvalue weighted by Crippen LogP contribution is 2.33. The number of ketones is 1. The topological polar surface area (TPSA) is 103 Å². The van der Waals surface area contributed by atoms with Gasteiger partial charge in [0.05, 0.1) is 10.5 Å². The molecule has 1 N–H and O–H groups in total. The van der Waals surface area contributed by atoms with Gasteiger partial charge in [0.1, 0.15) is 16.0 Å². The Labute approximate surface area is 207 Å². The Morgan fingerprint density at radius 2 is 1.88 bits per heavy atom. The maximum Gasteiger partial charge on any atom is 0.271 e. The van der Waals surface area contributed by atoms with Crippen LogP contribution in [0, 0.1) is 25.2 Å². The lowest BCUT2D eigenvalue weighted by molar-refractivity contribution is -0.122. The van der Waals surface area contributed by atoms with Crippen molar-refractivity contribution in [2.24, 2.45) is 0 Å². The molecule has 0 unspecified atom stereocenters. The van der Waals surface area contributed by atoms with E-state index in [2.05, 4.69) is 0 Å². The van der Waals surface area contributed by atoms with Crippen LogP contribution in [0.4, 0.5) is 0 Å². The van der Waals surface area contributed by atoms with E-state index in [9.17, 15) is 24.8 Å². The lowest BCUT2D eigenvalue weighted by atomic mass is 9.99. The van der Waals surface area contributed by atoms with Gasteiger partial charge in [-0.3, -0.25) is 23.9 Å². The predicted molar refractivity (Wildman–Crippen MR) is 137 cm³/mol. The van der Waals surface area contributed by atoms with E-state index in [1.54, 1.807) is 6.08 Å². The predicted octanol–water partition coefficient (Wildman–Crippen LogP) is 4.32. The second-order valence-electron chi connectivity index (χ2n) is 8.04. The molecule has 1 aliphatic rings. The van der Waals surface area contributed by atoms with Crippen molar-refractivity contribution in [2.75, 3.05) is 6.54 Å². The van der Waals surface area contributed by atoms with Gasteiger partial charge >= 0.3 is 0 Å². The average Bonchev–Trinajstić information content (AvgIpc) is 3.06. The molecule has 34 heavy (non-hydrogen) atoms. The molecule has 1 aromatic carbocycles. The lowest BCUT2D eigenvalue weighted by Gasteiger charge is -2.17. The first kappa shape index (κ1) is 25.4. The third kappa shape index (κ3) is 5.13. The fourth-order valence-corrected chi connectivity index (χ4v) is 4.96. The summed E-state index contributed by atoms with van der Waals surface area (Å²) in [5.41, 5.74) is 1.30. The average molecular weight is 496 g/mol. The van der Waals surface area contributed by atoms with Crippen LogP contribution in [-0.2, 0) is 11.3 Å². The number of rotatable bonds is 8. The van der Waals surface area contributed by atoms with Gasteiger partial charge in [0, 0.05) is 19.5 Å². The van der Waals surface area contributed by atoms with Crippen LogP contribution in [0.15, 0.2) is 34.0 Å². The van der Waals surface area contributed by atoms with Crippen LogP contribution in [-0.4, -0.2) is 37.1 Å². The number of hydrogen-bond donors (Lipinski definition) is 1. The first-order valence-electron chi connectivity index (χ1n) is 10.9. The van der Waals surface area contributed by atoms with Crippen LogP contribution in [0.3, 0.4) is 0 Å². The van der Waals surface area contributed by atoms with Crippen LogP contribution in [0.25, 0.3) is 6.08 Å². The van der Waals surface area contributed by atoms with E-state index < -0.39 is 17.2 Å². The van der Waals surface area contributed by atoms with Gasteiger partial charge in [0.15, 0.2) is 5.78 Å². The third-order valence-corrected chi connectivity index (χ3v) is 7.00. The number of benzene rings is 1.